The van der Waals surface area contributed by atoms with Crippen molar-refractivity contribution in [3.8, 4) is 0 Å². The lowest BCUT2D eigenvalue weighted by molar-refractivity contribution is -0.145. The molecule has 0 aliphatic carbocycles. The zero-order chi connectivity index (χ0) is 22.2. The minimum atomic E-state index is -0.520. The number of aromatic nitrogens is 1. The fraction of sp³-hybridized carbons (Fsp3) is 0.240. The number of nitrogens with zero attached hydrogens (tertiary/aromatic N) is 2. The molecule has 3 aromatic rings. The van der Waals surface area contributed by atoms with Crippen LogP contribution in [0.4, 0.5) is 0 Å². The summed E-state index contributed by atoms with van der Waals surface area (Å²) in [4.78, 5) is 39.9. The van der Waals surface area contributed by atoms with E-state index in [1.807, 2.05) is 60.7 Å². The Morgan fingerprint density at radius 1 is 0.935 bits per heavy atom. The highest BCUT2D eigenvalue weighted by Gasteiger charge is 2.25. The Balaban J connectivity index is 1.90. The molecule has 0 aliphatic rings. The van der Waals surface area contributed by atoms with Crippen LogP contribution < -0.4 is 5.56 Å². The Morgan fingerprint density at radius 3 is 2.16 bits per heavy atom. The van der Waals surface area contributed by atoms with Gasteiger partial charge in [0.2, 0.25) is 0 Å². The molecule has 0 fully saturated rings. The first-order valence-corrected chi connectivity index (χ1v) is 10.1. The molecular formula is C25H26N2O4. The van der Waals surface area contributed by atoms with E-state index < -0.39 is 17.8 Å². The van der Waals surface area contributed by atoms with Crippen LogP contribution in [0.15, 0.2) is 83.8 Å². The van der Waals surface area contributed by atoms with Crippen molar-refractivity contribution in [2.45, 2.75) is 20.0 Å². The molecule has 0 bridgehead atoms. The lowest BCUT2D eigenvalue weighted by Gasteiger charge is -2.25. The van der Waals surface area contributed by atoms with E-state index in [9.17, 15) is 14.4 Å². The van der Waals surface area contributed by atoms with E-state index in [2.05, 4.69) is 0 Å². The highest BCUT2D eigenvalue weighted by molar-refractivity contribution is 5.94. The summed E-state index contributed by atoms with van der Waals surface area (Å²) in [5.74, 6) is -1.33. The smallest absolute Gasteiger partial charge is 0.310 e. The van der Waals surface area contributed by atoms with Crippen molar-refractivity contribution in [2.24, 2.45) is 5.92 Å². The molecule has 0 saturated carbocycles. The van der Waals surface area contributed by atoms with E-state index in [0.29, 0.717) is 6.54 Å². The number of esters is 1. The van der Waals surface area contributed by atoms with Gasteiger partial charge < -0.3 is 14.2 Å². The minimum absolute atomic E-state index is 0.0754. The molecule has 6 heteroatoms. The monoisotopic (exact) mass is 418 g/mol. The first-order valence-electron chi connectivity index (χ1n) is 10.1. The van der Waals surface area contributed by atoms with E-state index >= 15 is 0 Å². The summed E-state index contributed by atoms with van der Waals surface area (Å²) < 4.78 is 6.34. The largest absolute Gasteiger partial charge is 0.469 e. The highest BCUT2D eigenvalue weighted by Crippen LogP contribution is 2.12. The summed E-state index contributed by atoms with van der Waals surface area (Å²) in [5, 5.41) is 0. The van der Waals surface area contributed by atoms with Gasteiger partial charge in [0, 0.05) is 19.3 Å². The third kappa shape index (κ3) is 5.69. The average molecular weight is 418 g/mol. The van der Waals surface area contributed by atoms with Crippen molar-refractivity contribution >= 4 is 11.9 Å². The summed E-state index contributed by atoms with van der Waals surface area (Å²) in [6.45, 7) is 2.51. The van der Waals surface area contributed by atoms with Gasteiger partial charge in [-0.05, 0) is 23.3 Å². The number of rotatable bonds is 8. The van der Waals surface area contributed by atoms with Gasteiger partial charge >= 0.3 is 5.97 Å². The van der Waals surface area contributed by atoms with E-state index in [1.165, 1.54) is 22.6 Å². The van der Waals surface area contributed by atoms with Gasteiger partial charge in [0.15, 0.2) is 0 Å². The molecule has 0 radical (unpaired) electrons. The van der Waals surface area contributed by atoms with Crippen LogP contribution in [0.5, 0.6) is 0 Å². The van der Waals surface area contributed by atoms with E-state index in [0.717, 1.165) is 11.1 Å². The second-order valence-electron chi connectivity index (χ2n) is 7.44. The fourth-order valence-corrected chi connectivity index (χ4v) is 3.40. The maximum atomic E-state index is 13.4. The van der Waals surface area contributed by atoms with Crippen molar-refractivity contribution < 1.29 is 14.3 Å². The number of benzene rings is 2. The van der Waals surface area contributed by atoms with Crippen LogP contribution in [0.1, 0.15) is 28.4 Å². The van der Waals surface area contributed by atoms with Crippen LogP contribution in [0.3, 0.4) is 0 Å². The van der Waals surface area contributed by atoms with Gasteiger partial charge in [-0.2, -0.15) is 0 Å². The molecule has 2 aromatic carbocycles. The summed E-state index contributed by atoms with van der Waals surface area (Å²) in [7, 11) is 1.32. The number of ether oxygens (including phenoxy) is 1. The Hall–Kier alpha value is -3.67. The Morgan fingerprint density at radius 2 is 1.55 bits per heavy atom. The molecule has 1 heterocycles. The molecule has 0 spiro atoms. The van der Waals surface area contributed by atoms with Crippen molar-refractivity contribution in [3.05, 3.63) is 106 Å². The number of pyridine rings is 1. The van der Waals surface area contributed by atoms with Crippen molar-refractivity contribution in [2.75, 3.05) is 13.7 Å². The molecule has 6 nitrogen and oxygen atoms in total. The topological polar surface area (TPSA) is 68.6 Å². The summed E-state index contributed by atoms with van der Waals surface area (Å²) in [5.41, 5.74) is 1.59. The van der Waals surface area contributed by atoms with Crippen molar-refractivity contribution in [1.29, 1.82) is 0 Å². The molecule has 0 aliphatic heterocycles. The molecule has 1 amide bonds. The zero-order valence-electron chi connectivity index (χ0n) is 17.7. The number of carbonyl (C=O) groups excluding carboxylic acids is 2. The van der Waals surface area contributed by atoms with Crippen molar-refractivity contribution in [3.63, 3.8) is 0 Å². The van der Waals surface area contributed by atoms with Gasteiger partial charge in [0.1, 0.15) is 5.56 Å². The fourth-order valence-electron chi connectivity index (χ4n) is 3.40. The summed E-state index contributed by atoms with van der Waals surface area (Å²) in [6, 6.07) is 22.3. The molecule has 160 valence electrons. The quantitative estimate of drug-likeness (QED) is 0.526. The van der Waals surface area contributed by atoms with Gasteiger partial charge in [-0.25, -0.2) is 0 Å². The summed E-state index contributed by atoms with van der Waals surface area (Å²) in [6.07, 6.45) is 1.67. The SMILES string of the molecule is COC(=O)C(C)CN(Cc1ccccc1)C(=O)c1cccn(Cc2ccccc2)c1=O. The van der Waals surface area contributed by atoms with Gasteiger partial charge in [0.25, 0.3) is 11.5 Å². The van der Waals surface area contributed by atoms with Crippen LogP contribution in [-0.2, 0) is 22.6 Å². The van der Waals surface area contributed by atoms with E-state index in [4.69, 9.17) is 4.74 Å². The third-order valence-electron chi connectivity index (χ3n) is 5.05. The number of hydrogen-bond donors (Lipinski definition) is 0. The van der Waals surface area contributed by atoms with Crippen molar-refractivity contribution in [1.82, 2.24) is 9.47 Å². The predicted molar refractivity (Wildman–Crippen MR) is 119 cm³/mol. The van der Waals surface area contributed by atoms with Crippen LogP contribution in [0.2, 0.25) is 0 Å². The van der Waals surface area contributed by atoms with Gasteiger partial charge in [-0.3, -0.25) is 14.4 Å². The normalized spacial score (nSPS) is 11.5. The number of hydrogen-bond acceptors (Lipinski definition) is 4. The first-order chi connectivity index (χ1) is 15.0. The molecule has 3 rings (SSSR count). The average Bonchev–Trinajstić information content (AvgIpc) is 2.80. The maximum Gasteiger partial charge on any atom is 0.310 e. The Bertz CT molecular complexity index is 1080. The third-order valence-corrected chi connectivity index (χ3v) is 5.05. The molecular weight excluding hydrogens is 392 g/mol. The minimum Gasteiger partial charge on any atom is -0.469 e. The molecule has 0 N–H and O–H groups in total. The summed E-state index contributed by atoms with van der Waals surface area (Å²) >= 11 is 0. The van der Waals surface area contributed by atoms with E-state index in [1.54, 1.807) is 19.2 Å². The van der Waals surface area contributed by atoms with Crippen LogP contribution >= 0.6 is 0 Å². The lowest BCUT2D eigenvalue weighted by atomic mass is 10.1. The Kier molecular flexibility index (Phi) is 7.38. The molecule has 31 heavy (non-hydrogen) atoms. The predicted octanol–water partition coefficient (Wildman–Crippen LogP) is 3.35. The Labute approximate surface area is 181 Å². The van der Waals surface area contributed by atoms with E-state index in [-0.39, 0.29) is 24.2 Å². The zero-order valence-corrected chi connectivity index (χ0v) is 17.7. The molecule has 1 atom stereocenters. The number of amides is 1. The van der Waals surface area contributed by atoms with Crippen LogP contribution in [-0.4, -0.2) is 35.0 Å². The molecule has 1 unspecified atom stereocenters. The first kappa shape index (κ1) is 22.0. The maximum absolute atomic E-state index is 13.4. The number of carbonyl (C=O) groups is 2. The van der Waals surface area contributed by atoms with Gasteiger partial charge in [-0.1, -0.05) is 67.6 Å². The number of methoxy groups -OCH3 is 1. The second kappa shape index (κ2) is 10.4. The van der Waals surface area contributed by atoms with Gasteiger partial charge in [0.05, 0.1) is 19.6 Å². The lowest BCUT2D eigenvalue weighted by Crippen LogP contribution is -2.40. The standard InChI is InChI=1S/C25H26N2O4/c1-19(25(30)31-2)16-27(18-21-12-7-4-8-13-21)24(29)22-14-9-15-26(23(22)28)17-20-10-5-3-6-11-20/h3-15,19H,16-18H2,1-2H3. The second-order valence-corrected chi connectivity index (χ2v) is 7.44. The van der Waals surface area contributed by atoms with Crippen LogP contribution in [0.25, 0.3) is 0 Å². The highest BCUT2D eigenvalue weighted by atomic mass is 16.5. The molecule has 0 saturated heterocycles. The van der Waals surface area contributed by atoms with Gasteiger partial charge in [-0.15, -0.1) is 0 Å². The molecule has 1 aromatic heterocycles. The van der Waals surface area contributed by atoms with Crippen LogP contribution in [0, 0.1) is 5.92 Å².